The first kappa shape index (κ1) is 12.2. The molecule has 0 aliphatic carbocycles. The second-order valence-corrected chi connectivity index (χ2v) is 4.65. The van der Waals surface area contributed by atoms with Gasteiger partial charge in [-0.25, -0.2) is 4.98 Å². The molecule has 1 aromatic heterocycles. The van der Waals surface area contributed by atoms with Crippen molar-refractivity contribution in [2.45, 2.75) is 6.92 Å². The lowest BCUT2D eigenvalue weighted by molar-refractivity contribution is 1.19. The summed E-state index contributed by atoms with van der Waals surface area (Å²) in [4.78, 5) is 4.42. The van der Waals surface area contributed by atoms with Gasteiger partial charge in [0.25, 0.3) is 0 Å². The molecule has 3 aromatic rings. The molecule has 0 amide bonds. The second kappa shape index (κ2) is 5.02. The number of pyridine rings is 1. The van der Waals surface area contributed by atoms with Gasteiger partial charge in [-0.05, 0) is 30.5 Å². The molecule has 0 spiro atoms. The largest absolute Gasteiger partial charge is 0.340 e. The molecule has 0 atom stereocenters. The Morgan fingerprint density at radius 3 is 2.70 bits per heavy atom. The third-order valence-electron chi connectivity index (χ3n) is 3.13. The van der Waals surface area contributed by atoms with Crippen LogP contribution in [0.1, 0.15) is 11.3 Å². The maximum atomic E-state index is 9.02. The Morgan fingerprint density at radius 2 is 1.85 bits per heavy atom. The summed E-state index contributed by atoms with van der Waals surface area (Å²) in [5.74, 6) is 0.693. The highest BCUT2D eigenvalue weighted by Gasteiger charge is 2.03. The third-order valence-corrected chi connectivity index (χ3v) is 3.13. The van der Waals surface area contributed by atoms with Crippen LogP contribution in [0.15, 0.2) is 54.6 Å². The fraction of sp³-hybridized carbons (Fsp3) is 0.0588. The zero-order valence-corrected chi connectivity index (χ0v) is 11.1. The molecule has 0 saturated carbocycles. The standard InChI is InChI=1S/C17H13N3/c1-12-9-13(11-18)10-17(19-12)20-16-8-4-6-14-5-2-3-7-15(14)16/h2-10H,1H3,(H,19,20). The molecule has 2 aromatic carbocycles. The van der Waals surface area contributed by atoms with E-state index in [-0.39, 0.29) is 0 Å². The van der Waals surface area contributed by atoms with Crippen molar-refractivity contribution in [3.8, 4) is 6.07 Å². The summed E-state index contributed by atoms with van der Waals surface area (Å²) in [7, 11) is 0. The lowest BCUT2D eigenvalue weighted by Crippen LogP contribution is -1.96. The molecule has 3 nitrogen and oxygen atoms in total. The predicted molar refractivity (Wildman–Crippen MR) is 80.9 cm³/mol. The molecule has 0 fully saturated rings. The number of aryl methyl sites for hydroxylation is 1. The molecule has 1 N–H and O–H groups in total. The summed E-state index contributed by atoms with van der Waals surface area (Å²) in [6, 6.07) is 19.9. The first-order chi connectivity index (χ1) is 9.76. The van der Waals surface area contributed by atoms with Crippen LogP contribution in [0.5, 0.6) is 0 Å². The number of anilines is 2. The van der Waals surface area contributed by atoms with Crippen LogP contribution in [0.3, 0.4) is 0 Å². The van der Waals surface area contributed by atoms with Crippen LogP contribution in [0.25, 0.3) is 10.8 Å². The zero-order valence-electron chi connectivity index (χ0n) is 11.1. The number of nitrogens with one attached hydrogen (secondary N) is 1. The van der Waals surface area contributed by atoms with Crippen LogP contribution in [0.4, 0.5) is 11.5 Å². The molecule has 20 heavy (non-hydrogen) atoms. The average molecular weight is 259 g/mol. The Labute approximate surface area is 117 Å². The van der Waals surface area contributed by atoms with Gasteiger partial charge in [-0.3, -0.25) is 0 Å². The van der Waals surface area contributed by atoms with Gasteiger partial charge in [-0.15, -0.1) is 0 Å². The van der Waals surface area contributed by atoms with E-state index in [0.717, 1.165) is 16.8 Å². The van der Waals surface area contributed by atoms with Gasteiger partial charge in [0, 0.05) is 16.8 Å². The highest BCUT2D eigenvalue weighted by Crippen LogP contribution is 2.25. The van der Waals surface area contributed by atoms with E-state index in [1.807, 2.05) is 31.2 Å². The van der Waals surface area contributed by atoms with Crippen molar-refractivity contribution in [2.24, 2.45) is 0 Å². The molecule has 0 saturated heterocycles. The SMILES string of the molecule is Cc1cc(C#N)cc(Nc2cccc3ccccc23)n1. The monoisotopic (exact) mass is 259 g/mol. The lowest BCUT2D eigenvalue weighted by Gasteiger charge is -2.10. The van der Waals surface area contributed by atoms with Gasteiger partial charge in [0.2, 0.25) is 0 Å². The highest BCUT2D eigenvalue weighted by molar-refractivity contribution is 5.95. The fourth-order valence-electron chi connectivity index (χ4n) is 2.27. The summed E-state index contributed by atoms with van der Waals surface area (Å²) in [6.07, 6.45) is 0. The van der Waals surface area contributed by atoms with Crippen LogP contribution in [0, 0.1) is 18.3 Å². The van der Waals surface area contributed by atoms with Crippen molar-refractivity contribution in [3.05, 3.63) is 65.9 Å². The van der Waals surface area contributed by atoms with E-state index in [0.29, 0.717) is 11.4 Å². The first-order valence-corrected chi connectivity index (χ1v) is 6.40. The van der Waals surface area contributed by atoms with E-state index >= 15 is 0 Å². The molecule has 0 unspecified atom stereocenters. The molecule has 3 rings (SSSR count). The van der Waals surface area contributed by atoms with Crippen molar-refractivity contribution in [1.82, 2.24) is 4.98 Å². The first-order valence-electron chi connectivity index (χ1n) is 6.40. The number of fused-ring (bicyclic) bond motifs is 1. The Hall–Kier alpha value is -2.86. The number of nitriles is 1. The van der Waals surface area contributed by atoms with Gasteiger partial charge >= 0.3 is 0 Å². The number of rotatable bonds is 2. The molecular weight excluding hydrogens is 246 g/mol. The quantitative estimate of drug-likeness (QED) is 0.751. The minimum Gasteiger partial charge on any atom is -0.340 e. The summed E-state index contributed by atoms with van der Waals surface area (Å²) in [6.45, 7) is 1.88. The smallest absolute Gasteiger partial charge is 0.131 e. The minimum atomic E-state index is 0.611. The Balaban J connectivity index is 2.06. The summed E-state index contributed by atoms with van der Waals surface area (Å²) < 4.78 is 0. The van der Waals surface area contributed by atoms with Crippen molar-refractivity contribution in [2.75, 3.05) is 5.32 Å². The van der Waals surface area contributed by atoms with Gasteiger partial charge in [-0.1, -0.05) is 36.4 Å². The molecule has 1 heterocycles. The average Bonchev–Trinajstić information content (AvgIpc) is 2.47. The van der Waals surface area contributed by atoms with E-state index in [4.69, 9.17) is 5.26 Å². The normalized spacial score (nSPS) is 10.2. The number of nitrogens with zero attached hydrogens (tertiary/aromatic N) is 2. The fourth-order valence-corrected chi connectivity index (χ4v) is 2.27. The van der Waals surface area contributed by atoms with Gasteiger partial charge in [-0.2, -0.15) is 5.26 Å². The number of hydrogen-bond acceptors (Lipinski definition) is 3. The van der Waals surface area contributed by atoms with E-state index in [1.165, 1.54) is 5.39 Å². The van der Waals surface area contributed by atoms with Crippen LogP contribution in [-0.2, 0) is 0 Å². The van der Waals surface area contributed by atoms with Gasteiger partial charge in [0.05, 0.1) is 11.6 Å². The molecule has 0 bridgehead atoms. The molecule has 0 aliphatic heterocycles. The predicted octanol–water partition coefficient (Wildman–Crippen LogP) is 4.16. The minimum absolute atomic E-state index is 0.611. The summed E-state index contributed by atoms with van der Waals surface area (Å²) in [5, 5.41) is 14.6. The van der Waals surface area contributed by atoms with Crippen LogP contribution < -0.4 is 5.32 Å². The number of benzene rings is 2. The second-order valence-electron chi connectivity index (χ2n) is 4.65. The maximum absolute atomic E-state index is 9.02. The summed E-state index contributed by atoms with van der Waals surface area (Å²) in [5.41, 5.74) is 2.43. The van der Waals surface area contributed by atoms with Crippen LogP contribution in [0.2, 0.25) is 0 Å². The highest BCUT2D eigenvalue weighted by atomic mass is 15.0. The van der Waals surface area contributed by atoms with Gasteiger partial charge in [0.15, 0.2) is 0 Å². The molecule has 0 aliphatic rings. The molecular formula is C17H13N3. The van der Waals surface area contributed by atoms with Crippen LogP contribution >= 0.6 is 0 Å². The van der Waals surface area contributed by atoms with Crippen molar-refractivity contribution < 1.29 is 0 Å². The van der Waals surface area contributed by atoms with Gasteiger partial charge < -0.3 is 5.32 Å². The Kier molecular flexibility index (Phi) is 3.06. The van der Waals surface area contributed by atoms with E-state index in [2.05, 4.69) is 34.6 Å². The van der Waals surface area contributed by atoms with E-state index in [9.17, 15) is 0 Å². The van der Waals surface area contributed by atoms with E-state index < -0.39 is 0 Å². The number of aromatic nitrogens is 1. The third kappa shape index (κ3) is 2.32. The zero-order chi connectivity index (χ0) is 13.9. The van der Waals surface area contributed by atoms with Crippen molar-refractivity contribution in [1.29, 1.82) is 5.26 Å². The Morgan fingerprint density at radius 1 is 1.05 bits per heavy atom. The maximum Gasteiger partial charge on any atom is 0.131 e. The topological polar surface area (TPSA) is 48.7 Å². The lowest BCUT2D eigenvalue weighted by atomic mass is 10.1. The van der Waals surface area contributed by atoms with Crippen LogP contribution in [-0.4, -0.2) is 4.98 Å². The van der Waals surface area contributed by atoms with Crippen molar-refractivity contribution in [3.63, 3.8) is 0 Å². The van der Waals surface area contributed by atoms with Gasteiger partial charge in [0.1, 0.15) is 5.82 Å². The van der Waals surface area contributed by atoms with E-state index in [1.54, 1.807) is 12.1 Å². The summed E-state index contributed by atoms with van der Waals surface area (Å²) >= 11 is 0. The number of hydrogen-bond donors (Lipinski definition) is 1. The Bertz CT molecular complexity index is 811. The molecule has 0 radical (unpaired) electrons. The molecule has 96 valence electrons. The molecule has 3 heteroatoms. The van der Waals surface area contributed by atoms with Crippen molar-refractivity contribution >= 4 is 22.3 Å².